The third-order valence-electron chi connectivity index (χ3n) is 5.76. The highest BCUT2D eigenvalue weighted by Crippen LogP contribution is 2.49. The molecule has 0 unspecified atom stereocenters. The summed E-state index contributed by atoms with van der Waals surface area (Å²) in [5, 5.41) is 8.84. The summed E-state index contributed by atoms with van der Waals surface area (Å²) in [4.78, 5) is 26.2. The first kappa shape index (κ1) is 18.4. The number of ether oxygens (including phenoxy) is 1. The van der Waals surface area contributed by atoms with Crippen molar-refractivity contribution in [3.05, 3.63) is 29.8 Å². The zero-order valence-electron chi connectivity index (χ0n) is 15.3. The minimum Gasteiger partial charge on any atom is -0.456 e. The number of rotatable bonds is 7. The predicted molar refractivity (Wildman–Crippen MR) is 98.3 cm³/mol. The molecule has 1 aromatic rings. The number of aryl methyl sites for hydroxylation is 1. The fourth-order valence-corrected chi connectivity index (χ4v) is 4.40. The second-order valence-electron chi connectivity index (χ2n) is 7.59. The molecule has 26 heavy (non-hydrogen) atoms. The number of esters is 1. The van der Waals surface area contributed by atoms with Crippen molar-refractivity contribution >= 4 is 17.6 Å². The van der Waals surface area contributed by atoms with Crippen LogP contribution in [-0.2, 0) is 14.3 Å². The molecule has 0 saturated heterocycles. The van der Waals surface area contributed by atoms with Crippen LogP contribution in [0.5, 0.6) is 0 Å². The lowest BCUT2D eigenvalue weighted by Gasteiger charge is -2.23. The van der Waals surface area contributed by atoms with Gasteiger partial charge in [0, 0.05) is 18.7 Å². The van der Waals surface area contributed by atoms with Gasteiger partial charge in [-0.3, -0.25) is 9.59 Å². The number of nitriles is 1. The van der Waals surface area contributed by atoms with Crippen molar-refractivity contribution < 1.29 is 14.3 Å². The smallest absolute Gasteiger partial charge is 0.306 e. The SMILES string of the molecule is Cc1ccc(N(CCC#N)C(=O)COC(=O)C[C@@H]2C[C@@H]3CC[C@@H]2C3)cc1. The lowest BCUT2D eigenvalue weighted by molar-refractivity contribution is -0.149. The Hall–Kier alpha value is -2.35. The number of hydrogen-bond acceptors (Lipinski definition) is 4. The summed E-state index contributed by atoms with van der Waals surface area (Å²) in [6.07, 6.45) is 5.59. The van der Waals surface area contributed by atoms with Gasteiger partial charge in [0.25, 0.3) is 5.91 Å². The van der Waals surface area contributed by atoms with Crippen LogP contribution in [0.15, 0.2) is 24.3 Å². The van der Waals surface area contributed by atoms with E-state index in [-0.39, 0.29) is 24.9 Å². The van der Waals surface area contributed by atoms with Gasteiger partial charge in [-0.2, -0.15) is 5.26 Å². The van der Waals surface area contributed by atoms with Gasteiger partial charge in [-0.15, -0.1) is 0 Å². The van der Waals surface area contributed by atoms with Crippen molar-refractivity contribution in [2.75, 3.05) is 18.1 Å². The fraction of sp³-hybridized carbons (Fsp3) is 0.571. The molecule has 5 nitrogen and oxygen atoms in total. The van der Waals surface area contributed by atoms with Gasteiger partial charge < -0.3 is 9.64 Å². The van der Waals surface area contributed by atoms with Gasteiger partial charge in [-0.25, -0.2) is 0 Å². The van der Waals surface area contributed by atoms with E-state index in [0.717, 1.165) is 23.6 Å². The van der Waals surface area contributed by atoms with Crippen LogP contribution >= 0.6 is 0 Å². The summed E-state index contributed by atoms with van der Waals surface area (Å²) in [7, 11) is 0. The Balaban J connectivity index is 1.52. The van der Waals surface area contributed by atoms with Crippen molar-refractivity contribution in [3.8, 4) is 6.07 Å². The number of hydrogen-bond donors (Lipinski definition) is 0. The first-order valence-electron chi connectivity index (χ1n) is 9.46. The second-order valence-corrected chi connectivity index (χ2v) is 7.59. The Kier molecular flexibility index (Phi) is 5.92. The molecule has 2 aliphatic rings. The summed E-state index contributed by atoms with van der Waals surface area (Å²) in [5.74, 6) is 1.33. The summed E-state index contributed by atoms with van der Waals surface area (Å²) in [6.45, 7) is 2.00. The first-order chi connectivity index (χ1) is 12.6. The molecule has 138 valence electrons. The number of benzene rings is 1. The molecule has 2 fully saturated rings. The van der Waals surface area contributed by atoms with E-state index in [1.807, 2.05) is 31.2 Å². The van der Waals surface area contributed by atoms with Crippen LogP contribution in [0.4, 0.5) is 5.69 Å². The Morgan fingerprint density at radius 3 is 2.62 bits per heavy atom. The van der Waals surface area contributed by atoms with Crippen molar-refractivity contribution in [1.82, 2.24) is 0 Å². The minimum absolute atomic E-state index is 0.235. The summed E-state index contributed by atoms with van der Waals surface area (Å²) < 4.78 is 5.27. The number of nitrogens with zero attached hydrogens (tertiary/aromatic N) is 2. The van der Waals surface area contributed by atoms with Gasteiger partial charge in [0.05, 0.1) is 12.5 Å². The number of fused-ring (bicyclic) bond motifs is 2. The highest BCUT2D eigenvalue weighted by atomic mass is 16.5. The second kappa shape index (κ2) is 8.35. The quantitative estimate of drug-likeness (QED) is 0.701. The lowest BCUT2D eigenvalue weighted by atomic mass is 9.86. The van der Waals surface area contributed by atoms with Gasteiger partial charge in [0.15, 0.2) is 6.61 Å². The van der Waals surface area contributed by atoms with E-state index >= 15 is 0 Å². The normalized spacial score (nSPS) is 23.5. The molecule has 1 aromatic carbocycles. The molecule has 0 N–H and O–H groups in total. The topological polar surface area (TPSA) is 70.4 Å². The van der Waals surface area contributed by atoms with Crippen LogP contribution < -0.4 is 4.90 Å². The van der Waals surface area contributed by atoms with E-state index in [4.69, 9.17) is 10.00 Å². The van der Waals surface area contributed by atoms with Gasteiger partial charge >= 0.3 is 5.97 Å². The standard InChI is InChI=1S/C21H26N2O3/c1-15-3-7-19(8-4-15)23(10-2-9-22)20(24)14-26-21(25)13-18-12-16-5-6-17(18)11-16/h3-4,7-8,16-18H,2,5-6,10-14H2,1H3/t16-,17-,18+/m1/s1. The largest absolute Gasteiger partial charge is 0.456 e. The molecule has 2 bridgehead atoms. The number of carbonyl (C=O) groups excluding carboxylic acids is 2. The molecule has 2 aliphatic carbocycles. The molecule has 0 aromatic heterocycles. The zero-order chi connectivity index (χ0) is 18.5. The molecule has 3 atom stereocenters. The Morgan fingerprint density at radius 1 is 1.23 bits per heavy atom. The maximum atomic E-state index is 12.5. The predicted octanol–water partition coefficient (Wildman–Crippen LogP) is 3.61. The maximum Gasteiger partial charge on any atom is 0.306 e. The van der Waals surface area contributed by atoms with Gasteiger partial charge in [-0.05, 0) is 56.1 Å². The third-order valence-corrected chi connectivity index (χ3v) is 5.76. The van der Waals surface area contributed by atoms with Crippen LogP contribution in [0.1, 0.15) is 44.1 Å². The Labute approximate surface area is 154 Å². The number of carbonyl (C=O) groups is 2. The molecule has 0 aliphatic heterocycles. The monoisotopic (exact) mass is 354 g/mol. The van der Waals surface area contributed by atoms with E-state index in [9.17, 15) is 9.59 Å². The van der Waals surface area contributed by atoms with E-state index in [2.05, 4.69) is 6.07 Å². The lowest BCUT2D eigenvalue weighted by Crippen LogP contribution is -2.35. The van der Waals surface area contributed by atoms with Crippen LogP contribution in [0, 0.1) is 36.0 Å². The van der Waals surface area contributed by atoms with Gasteiger partial charge in [-0.1, -0.05) is 24.1 Å². The summed E-state index contributed by atoms with van der Waals surface area (Å²) >= 11 is 0. The molecule has 2 saturated carbocycles. The van der Waals surface area contributed by atoms with Gasteiger partial charge in [0.1, 0.15) is 0 Å². The maximum absolute atomic E-state index is 12.5. The molecular formula is C21H26N2O3. The van der Waals surface area contributed by atoms with Crippen molar-refractivity contribution in [2.24, 2.45) is 17.8 Å². The first-order valence-corrected chi connectivity index (χ1v) is 9.46. The number of amides is 1. The van der Waals surface area contributed by atoms with E-state index in [1.54, 1.807) is 0 Å². The van der Waals surface area contributed by atoms with Crippen molar-refractivity contribution in [3.63, 3.8) is 0 Å². The minimum atomic E-state index is -0.287. The van der Waals surface area contributed by atoms with Crippen LogP contribution in [0.25, 0.3) is 0 Å². The zero-order valence-corrected chi connectivity index (χ0v) is 15.3. The van der Waals surface area contributed by atoms with E-state index < -0.39 is 0 Å². The molecular weight excluding hydrogens is 328 g/mol. The average Bonchev–Trinajstić information content (AvgIpc) is 3.24. The molecule has 0 radical (unpaired) electrons. The summed E-state index contributed by atoms with van der Waals surface area (Å²) in [5.41, 5.74) is 1.82. The Bertz CT molecular complexity index is 692. The van der Waals surface area contributed by atoms with E-state index in [0.29, 0.717) is 24.8 Å². The Morgan fingerprint density at radius 2 is 2.00 bits per heavy atom. The number of anilines is 1. The molecule has 1 amide bonds. The summed E-state index contributed by atoms with van der Waals surface area (Å²) in [6, 6.07) is 9.60. The molecule has 5 heteroatoms. The van der Waals surface area contributed by atoms with Crippen LogP contribution in [0.2, 0.25) is 0 Å². The third kappa shape index (κ3) is 4.43. The average molecular weight is 354 g/mol. The van der Waals surface area contributed by atoms with Crippen LogP contribution in [0.3, 0.4) is 0 Å². The molecule has 0 heterocycles. The highest BCUT2D eigenvalue weighted by molar-refractivity contribution is 5.95. The molecule has 0 spiro atoms. The van der Waals surface area contributed by atoms with Crippen molar-refractivity contribution in [1.29, 1.82) is 5.26 Å². The molecule has 3 rings (SSSR count). The van der Waals surface area contributed by atoms with Crippen molar-refractivity contribution in [2.45, 2.75) is 45.4 Å². The van der Waals surface area contributed by atoms with Gasteiger partial charge in [0.2, 0.25) is 0 Å². The van der Waals surface area contributed by atoms with Crippen LogP contribution in [-0.4, -0.2) is 25.0 Å². The fourth-order valence-electron chi connectivity index (χ4n) is 4.40. The van der Waals surface area contributed by atoms with E-state index in [1.165, 1.54) is 24.2 Å². The highest BCUT2D eigenvalue weighted by Gasteiger charge is 2.40.